The van der Waals surface area contributed by atoms with Crippen molar-refractivity contribution in [2.45, 2.75) is 46.5 Å². The molecule has 2 nitrogen and oxygen atoms in total. The summed E-state index contributed by atoms with van der Waals surface area (Å²) in [5.74, 6) is 1.43. The van der Waals surface area contributed by atoms with Crippen LogP contribution in [0.4, 0.5) is 0 Å². The van der Waals surface area contributed by atoms with Gasteiger partial charge >= 0.3 is 0 Å². The first-order chi connectivity index (χ1) is 8.58. The van der Waals surface area contributed by atoms with Crippen molar-refractivity contribution >= 4 is 5.78 Å². The lowest BCUT2D eigenvalue weighted by molar-refractivity contribution is -0.121. The quantitative estimate of drug-likeness (QED) is 0.733. The molecule has 0 radical (unpaired) electrons. The highest BCUT2D eigenvalue weighted by Gasteiger charge is 2.08. The summed E-state index contributed by atoms with van der Waals surface area (Å²) in [4.78, 5) is 11.6. The predicted molar refractivity (Wildman–Crippen MR) is 75.2 cm³/mol. The number of methoxy groups -OCH3 is 1. The highest BCUT2D eigenvalue weighted by Crippen LogP contribution is 2.22. The molecule has 0 bridgehead atoms. The number of hydrogen-bond acceptors (Lipinski definition) is 2. The fraction of sp³-hybridized carbons (Fsp3) is 0.562. The Morgan fingerprint density at radius 1 is 1.33 bits per heavy atom. The van der Waals surface area contributed by atoms with Gasteiger partial charge in [0, 0.05) is 12.3 Å². The van der Waals surface area contributed by atoms with Gasteiger partial charge < -0.3 is 4.74 Å². The van der Waals surface area contributed by atoms with E-state index in [0.29, 0.717) is 12.2 Å². The number of ether oxygens (including phenoxy) is 1. The van der Waals surface area contributed by atoms with Crippen molar-refractivity contribution in [2.24, 2.45) is 5.92 Å². The minimum atomic E-state index is 0.147. The molecular weight excluding hydrogens is 224 g/mol. The van der Waals surface area contributed by atoms with Gasteiger partial charge in [0.2, 0.25) is 0 Å². The van der Waals surface area contributed by atoms with Crippen LogP contribution in [-0.2, 0) is 17.6 Å². The fourth-order valence-corrected chi connectivity index (χ4v) is 1.99. The third-order valence-electron chi connectivity index (χ3n) is 3.27. The Hall–Kier alpha value is -1.31. The van der Waals surface area contributed by atoms with Gasteiger partial charge in [-0.3, -0.25) is 4.79 Å². The molecule has 0 atom stereocenters. The molecule has 0 aliphatic carbocycles. The average Bonchev–Trinajstić information content (AvgIpc) is 2.38. The monoisotopic (exact) mass is 248 g/mol. The average molecular weight is 248 g/mol. The third kappa shape index (κ3) is 4.17. The van der Waals surface area contributed by atoms with Gasteiger partial charge in [0.1, 0.15) is 11.5 Å². The van der Waals surface area contributed by atoms with Crippen molar-refractivity contribution in [3.63, 3.8) is 0 Å². The molecule has 1 aromatic rings. The Balaban J connectivity index is 2.62. The van der Waals surface area contributed by atoms with Crippen LogP contribution in [0.15, 0.2) is 18.2 Å². The zero-order valence-corrected chi connectivity index (χ0v) is 12.0. The van der Waals surface area contributed by atoms with E-state index < -0.39 is 0 Å². The van der Waals surface area contributed by atoms with Crippen LogP contribution in [0, 0.1) is 5.92 Å². The molecule has 0 amide bonds. The summed E-state index contributed by atoms with van der Waals surface area (Å²) in [6, 6.07) is 6.32. The van der Waals surface area contributed by atoms with Gasteiger partial charge in [-0.15, -0.1) is 0 Å². The number of carbonyl (C=O) groups excluding carboxylic acids is 1. The maximum atomic E-state index is 11.6. The zero-order chi connectivity index (χ0) is 13.5. The lowest BCUT2D eigenvalue weighted by Gasteiger charge is -2.10. The third-order valence-corrected chi connectivity index (χ3v) is 3.27. The van der Waals surface area contributed by atoms with E-state index in [0.717, 1.165) is 25.0 Å². The number of aryl methyl sites for hydroxylation is 2. The summed E-state index contributed by atoms with van der Waals surface area (Å²) >= 11 is 0. The van der Waals surface area contributed by atoms with Crippen molar-refractivity contribution in [2.75, 3.05) is 7.11 Å². The van der Waals surface area contributed by atoms with Gasteiger partial charge in [0.05, 0.1) is 7.11 Å². The first-order valence-corrected chi connectivity index (χ1v) is 6.77. The number of ketones is 1. The predicted octanol–water partition coefficient (Wildman–Crippen LogP) is 3.81. The van der Waals surface area contributed by atoms with E-state index in [1.807, 2.05) is 19.9 Å². The number of rotatable bonds is 7. The largest absolute Gasteiger partial charge is 0.496 e. The highest BCUT2D eigenvalue weighted by atomic mass is 16.5. The van der Waals surface area contributed by atoms with Crippen LogP contribution >= 0.6 is 0 Å². The summed E-state index contributed by atoms with van der Waals surface area (Å²) in [5.41, 5.74) is 2.54. The molecule has 0 aromatic heterocycles. The number of benzene rings is 1. The number of Topliss-reactive ketones (excluding diaryl/α,β-unsaturated/α-hetero) is 1. The summed E-state index contributed by atoms with van der Waals surface area (Å²) in [6.45, 7) is 6.06. The molecule has 0 aliphatic heterocycles. The number of carbonyl (C=O) groups is 1. The molecule has 18 heavy (non-hydrogen) atoms. The van der Waals surface area contributed by atoms with Crippen LogP contribution in [0.1, 0.15) is 44.7 Å². The van der Waals surface area contributed by atoms with Gasteiger partial charge in [-0.25, -0.2) is 0 Å². The fourth-order valence-electron chi connectivity index (χ4n) is 1.99. The van der Waals surface area contributed by atoms with Crippen LogP contribution in [0.25, 0.3) is 0 Å². The van der Waals surface area contributed by atoms with E-state index in [-0.39, 0.29) is 5.92 Å². The molecule has 0 fully saturated rings. The Bertz CT molecular complexity index is 394. The summed E-state index contributed by atoms with van der Waals surface area (Å²) < 4.78 is 5.36. The Labute approximate surface area is 110 Å². The molecule has 0 unspecified atom stereocenters. The van der Waals surface area contributed by atoms with E-state index in [4.69, 9.17) is 4.74 Å². The minimum Gasteiger partial charge on any atom is -0.496 e. The van der Waals surface area contributed by atoms with E-state index in [2.05, 4.69) is 19.1 Å². The van der Waals surface area contributed by atoms with Gasteiger partial charge in [0.15, 0.2) is 0 Å². The van der Waals surface area contributed by atoms with Crippen LogP contribution in [0.3, 0.4) is 0 Å². The highest BCUT2D eigenvalue weighted by molar-refractivity contribution is 5.80. The zero-order valence-electron chi connectivity index (χ0n) is 12.0. The molecule has 0 saturated carbocycles. The normalized spacial score (nSPS) is 10.7. The molecule has 0 heterocycles. The Kier molecular flexibility index (Phi) is 5.90. The van der Waals surface area contributed by atoms with E-state index in [1.54, 1.807) is 7.11 Å². The van der Waals surface area contributed by atoms with E-state index in [1.165, 1.54) is 11.1 Å². The van der Waals surface area contributed by atoms with Gasteiger partial charge in [-0.1, -0.05) is 32.9 Å². The lowest BCUT2D eigenvalue weighted by atomic mass is 9.99. The molecule has 1 aromatic carbocycles. The SMILES string of the molecule is CCc1ccc(OC)c(CCCC(=O)C(C)C)c1. The minimum absolute atomic E-state index is 0.147. The van der Waals surface area contributed by atoms with E-state index in [9.17, 15) is 4.79 Å². The second-order valence-corrected chi connectivity index (χ2v) is 4.97. The maximum absolute atomic E-state index is 11.6. The van der Waals surface area contributed by atoms with Crippen LogP contribution in [0.2, 0.25) is 0 Å². The molecule has 0 saturated heterocycles. The lowest BCUT2D eigenvalue weighted by Crippen LogP contribution is -2.07. The Morgan fingerprint density at radius 2 is 2.06 bits per heavy atom. The van der Waals surface area contributed by atoms with Crippen LogP contribution in [-0.4, -0.2) is 12.9 Å². The standard InChI is InChI=1S/C16H24O2/c1-5-13-9-10-16(18-4)14(11-13)7-6-8-15(17)12(2)3/h9-12H,5-8H2,1-4H3. The maximum Gasteiger partial charge on any atom is 0.135 e. The molecule has 0 spiro atoms. The molecule has 1 rings (SSSR count). The number of hydrogen-bond donors (Lipinski definition) is 0. The molecule has 0 N–H and O–H groups in total. The van der Waals surface area contributed by atoms with Gasteiger partial charge in [0.25, 0.3) is 0 Å². The first-order valence-electron chi connectivity index (χ1n) is 6.77. The molecule has 2 heteroatoms. The Morgan fingerprint density at radius 3 is 2.61 bits per heavy atom. The first kappa shape index (κ1) is 14.7. The van der Waals surface area contributed by atoms with Crippen molar-refractivity contribution < 1.29 is 9.53 Å². The molecular formula is C16H24O2. The van der Waals surface area contributed by atoms with E-state index >= 15 is 0 Å². The van der Waals surface area contributed by atoms with Crippen LogP contribution < -0.4 is 4.74 Å². The van der Waals surface area contributed by atoms with Gasteiger partial charge in [-0.05, 0) is 36.5 Å². The topological polar surface area (TPSA) is 26.3 Å². The van der Waals surface area contributed by atoms with Crippen molar-refractivity contribution in [1.82, 2.24) is 0 Å². The second-order valence-electron chi connectivity index (χ2n) is 4.97. The second kappa shape index (κ2) is 7.20. The van der Waals surface area contributed by atoms with Crippen molar-refractivity contribution in [1.29, 1.82) is 0 Å². The van der Waals surface area contributed by atoms with Crippen LogP contribution in [0.5, 0.6) is 5.75 Å². The van der Waals surface area contributed by atoms with Gasteiger partial charge in [-0.2, -0.15) is 0 Å². The summed E-state index contributed by atoms with van der Waals surface area (Å²) in [5, 5.41) is 0. The summed E-state index contributed by atoms with van der Waals surface area (Å²) in [7, 11) is 1.70. The molecule has 100 valence electrons. The van der Waals surface area contributed by atoms with Crippen molar-refractivity contribution in [3.8, 4) is 5.75 Å². The molecule has 0 aliphatic rings. The summed E-state index contributed by atoms with van der Waals surface area (Å²) in [6.07, 6.45) is 3.51. The van der Waals surface area contributed by atoms with Crippen molar-refractivity contribution in [3.05, 3.63) is 29.3 Å². The smallest absolute Gasteiger partial charge is 0.135 e.